The van der Waals surface area contributed by atoms with Crippen LogP contribution >= 0.6 is 11.3 Å². The van der Waals surface area contributed by atoms with Gasteiger partial charge in [-0.25, -0.2) is 4.98 Å². The number of imidazole rings is 1. The molecule has 1 aliphatic carbocycles. The summed E-state index contributed by atoms with van der Waals surface area (Å²) in [6, 6.07) is 0. The van der Waals surface area contributed by atoms with Crippen molar-refractivity contribution in [1.82, 2.24) is 14.3 Å². The largest absolute Gasteiger partial charge is 0.342 e. The van der Waals surface area contributed by atoms with Crippen molar-refractivity contribution in [3.8, 4) is 0 Å². The molecule has 2 unspecified atom stereocenters. The summed E-state index contributed by atoms with van der Waals surface area (Å²) in [5.41, 5.74) is 2.58. The number of amides is 1. The molecule has 4 nitrogen and oxygen atoms in total. The lowest BCUT2D eigenvalue weighted by Gasteiger charge is -2.31. The normalized spacial score (nSPS) is 25.3. The van der Waals surface area contributed by atoms with Crippen molar-refractivity contribution in [3.05, 3.63) is 22.1 Å². The zero-order valence-electron chi connectivity index (χ0n) is 14.4. The van der Waals surface area contributed by atoms with Crippen molar-refractivity contribution < 1.29 is 4.79 Å². The average Bonchev–Trinajstić information content (AvgIpc) is 3.08. The lowest BCUT2D eigenvalue weighted by atomic mass is 9.93. The molecule has 1 amide bonds. The summed E-state index contributed by atoms with van der Waals surface area (Å²) < 4.78 is 2.30. The van der Waals surface area contributed by atoms with Crippen LogP contribution in [0, 0.1) is 32.6 Å². The van der Waals surface area contributed by atoms with E-state index in [0.717, 1.165) is 38.2 Å². The van der Waals surface area contributed by atoms with Gasteiger partial charge < -0.3 is 4.90 Å². The van der Waals surface area contributed by atoms with Gasteiger partial charge in [0.15, 0.2) is 0 Å². The number of fused-ring (bicyclic) bond motifs is 1. The molecule has 0 radical (unpaired) electrons. The Balaban J connectivity index is 1.52. The first kappa shape index (κ1) is 15.2. The van der Waals surface area contributed by atoms with Crippen LogP contribution in [0.15, 0.2) is 0 Å². The molecule has 0 bridgehead atoms. The number of aryl methyl sites for hydroxylation is 3. The minimum atomic E-state index is 0.315. The third-order valence-corrected chi connectivity index (χ3v) is 6.93. The Morgan fingerprint density at radius 3 is 2.48 bits per heavy atom. The molecule has 2 aromatic rings. The van der Waals surface area contributed by atoms with E-state index >= 15 is 0 Å². The molecule has 5 heteroatoms. The summed E-state index contributed by atoms with van der Waals surface area (Å²) in [6.45, 7) is 10.4. The Hall–Kier alpha value is -1.36. The predicted octanol–water partition coefficient (Wildman–Crippen LogP) is 3.68. The second-order valence-electron chi connectivity index (χ2n) is 7.35. The van der Waals surface area contributed by atoms with Crippen molar-refractivity contribution in [2.75, 3.05) is 13.1 Å². The van der Waals surface area contributed by atoms with Gasteiger partial charge in [-0.15, -0.1) is 11.3 Å². The molecule has 23 heavy (non-hydrogen) atoms. The van der Waals surface area contributed by atoms with E-state index in [0.29, 0.717) is 23.7 Å². The first-order valence-electron chi connectivity index (χ1n) is 8.71. The number of rotatable bonds is 2. The highest BCUT2D eigenvalue weighted by molar-refractivity contribution is 7.17. The standard InChI is InChI=1S/C18H25N3OS/c1-10-9-15(10)17(22)20-7-5-14(6-8-20)16-18-21(13(4)19-16)11(2)12(3)23-18/h10,14-15H,5-9H2,1-4H3. The van der Waals surface area contributed by atoms with E-state index in [1.54, 1.807) is 0 Å². The Morgan fingerprint density at radius 2 is 1.87 bits per heavy atom. The van der Waals surface area contributed by atoms with E-state index in [4.69, 9.17) is 4.98 Å². The highest BCUT2D eigenvalue weighted by Gasteiger charge is 2.42. The van der Waals surface area contributed by atoms with Gasteiger partial charge in [0.05, 0.1) is 5.69 Å². The summed E-state index contributed by atoms with van der Waals surface area (Å²) in [5.74, 6) is 2.91. The lowest BCUT2D eigenvalue weighted by molar-refractivity contribution is -0.133. The molecular weight excluding hydrogens is 306 g/mol. The van der Waals surface area contributed by atoms with Crippen molar-refractivity contribution in [3.63, 3.8) is 0 Å². The van der Waals surface area contributed by atoms with Crippen LogP contribution in [0.4, 0.5) is 0 Å². The fraction of sp³-hybridized carbons (Fsp3) is 0.667. The van der Waals surface area contributed by atoms with Gasteiger partial charge in [-0.2, -0.15) is 0 Å². The molecule has 124 valence electrons. The van der Waals surface area contributed by atoms with Crippen LogP contribution in [0.3, 0.4) is 0 Å². The van der Waals surface area contributed by atoms with Gasteiger partial charge in [-0.3, -0.25) is 9.20 Å². The van der Waals surface area contributed by atoms with Crippen LogP contribution in [-0.2, 0) is 4.79 Å². The summed E-state index contributed by atoms with van der Waals surface area (Å²) >= 11 is 1.86. The third-order valence-electron chi connectivity index (χ3n) is 5.74. The number of hydrogen-bond donors (Lipinski definition) is 0. The maximum absolute atomic E-state index is 12.4. The predicted molar refractivity (Wildman–Crippen MR) is 93.1 cm³/mol. The van der Waals surface area contributed by atoms with Crippen molar-refractivity contribution in [2.24, 2.45) is 11.8 Å². The van der Waals surface area contributed by atoms with Crippen LogP contribution in [0.25, 0.3) is 4.83 Å². The maximum atomic E-state index is 12.4. The summed E-state index contributed by atoms with van der Waals surface area (Å²) in [7, 11) is 0. The fourth-order valence-electron chi connectivity index (χ4n) is 3.94. The van der Waals surface area contributed by atoms with Crippen LogP contribution in [-0.4, -0.2) is 33.3 Å². The Kier molecular flexibility index (Phi) is 3.52. The Labute approximate surface area is 141 Å². The molecule has 1 aliphatic heterocycles. The monoisotopic (exact) mass is 331 g/mol. The van der Waals surface area contributed by atoms with Gasteiger partial charge in [0, 0.05) is 35.5 Å². The number of nitrogens with zero attached hydrogens (tertiary/aromatic N) is 3. The zero-order chi connectivity index (χ0) is 16.3. The molecule has 1 saturated heterocycles. The van der Waals surface area contributed by atoms with Gasteiger partial charge in [-0.1, -0.05) is 6.92 Å². The molecule has 3 heterocycles. The van der Waals surface area contributed by atoms with Crippen LogP contribution in [0.1, 0.15) is 54.2 Å². The molecule has 0 spiro atoms. The highest BCUT2D eigenvalue weighted by atomic mass is 32.1. The van der Waals surface area contributed by atoms with Gasteiger partial charge >= 0.3 is 0 Å². The third kappa shape index (κ3) is 2.40. The summed E-state index contributed by atoms with van der Waals surface area (Å²) in [6.07, 6.45) is 3.19. The molecule has 2 aliphatic rings. The minimum absolute atomic E-state index is 0.315. The van der Waals surface area contributed by atoms with Crippen LogP contribution in [0.2, 0.25) is 0 Å². The van der Waals surface area contributed by atoms with Gasteiger partial charge in [-0.05, 0) is 46.0 Å². The Morgan fingerprint density at radius 1 is 1.22 bits per heavy atom. The SMILES string of the molecule is Cc1sc2c(C3CCN(C(=O)C4CC4C)CC3)nc(C)n2c1C. The zero-order valence-corrected chi connectivity index (χ0v) is 15.2. The molecule has 4 rings (SSSR count). The van der Waals surface area contributed by atoms with Crippen molar-refractivity contribution in [2.45, 2.75) is 52.9 Å². The first-order valence-corrected chi connectivity index (χ1v) is 9.52. The molecule has 0 N–H and O–H groups in total. The first-order chi connectivity index (χ1) is 11.0. The molecular formula is C18H25N3OS. The topological polar surface area (TPSA) is 37.6 Å². The second kappa shape index (κ2) is 5.33. The average molecular weight is 331 g/mol. The number of carbonyl (C=O) groups is 1. The smallest absolute Gasteiger partial charge is 0.225 e. The summed E-state index contributed by atoms with van der Waals surface area (Å²) in [4.78, 5) is 22.0. The molecule has 2 fully saturated rings. The van der Waals surface area contributed by atoms with E-state index in [1.807, 2.05) is 11.3 Å². The number of thiazole rings is 1. The number of aromatic nitrogens is 2. The van der Waals surface area contributed by atoms with E-state index < -0.39 is 0 Å². The number of hydrogen-bond acceptors (Lipinski definition) is 3. The quantitative estimate of drug-likeness (QED) is 0.842. The van der Waals surface area contributed by atoms with Crippen LogP contribution < -0.4 is 0 Å². The molecule has 2 aromatic heterocycles. The van der Waals surface area contributed by atoms with Crippen molar-refractivity contribution >= 4 is 22.1 Å². The van der Waals surface area contributed by atoms with Gasteiger partial charge in [0.25, 0.3) is 0 Å². The highest BCUT2D eigenvalue weighted by Crippen LogP contribution is 2.41. The minimum Gasteiger partial charge on any atom is -0.342 e. The van der Waals surface area contributed by atoms with Crippen LogP contribution in [0.5, 0.6) is 0 Å². The number of carbonyl (C=O) groups excluding carboxylic acids is 1. The van der Waals surface area contributed by atoms with Gasteiger partial charge in [0.1, 0.15) is 10.7 Å². The van der Waals surface area contributed by atoms with E-state index in [1.165, 1.54) is 21.1 Å². The van der Waals surface area contributed by atoms with Gasteiger partial charge in [0.2, 0.25) is 5.91 Å². The van der Waals surface area contributed by atoms with E-state index in [-0.39, 0.29) is 0 Å². The van der Waals surface area contributed by atoms with Crippen molar-refractivity contribution in [1.29, 1.82) is 0 Å². The maximum Gasteiger partial charge on any atom is 0.225 e. The second-order valence-corrected chi connectivity index (χ2v) is 8.55. The summed E-state index contributed by atoms with van der Waals surface area (Å²) in [5, 5.41) is 0. The van der Waals surface area contributed by atoms with E-state index in [9.17, 15) is 4.79 Å². The molecule has 0 aromatic carbocycles. The lowest BCUT2D eigenvalue weighted by Crippen LogP contribution is -2.39. The fourth-order valence-corrected chi connectivity index (χ4v) is 5.15. The Bertz CT molecular complexity index is 767. The molecule has 2 atom stereocenters. The molecule has 1 saturated carbocycles. The number of likely N-dealkylation sites (tertiary alicyclic amines) is 1. The number of piperidine rings is 1. The van der Waals surface area contributed by atoms with E-state index in [2.05, 4.69) is 37.0 Å².